The molecule has 1 saturated heterocycles. The van der Waals surface area contributed by atoms with Crippen LogP contribution in [0.3, 0.4) is 0 Å². The van der Waals surface area contributed by atoms with Crippen LogP contribution in [-0.4, -0.2) is 51.7 Å². The number of aryl methyl sites for hydroxylation is 1. The number of methoxy groups -OCH3 is 1. The Kier molecular flexibility index (Phi) is 6.61. The minimum absolute atomic E-state index is 0.0419. The lowest BCUT2D eigenvalue weighted by atomic mass is 10.1. The first-order valence-corrected chi connectivity index (χ1v) is 10.6. The van der Waals surface area contributed by atoms with Gasteiger partial charge < -0.3 is 14.4 Å². The molecule has 3 aromatic heterocycles. The van der Waals surface area contributed by atoms with E-state index in [1.54, 1.807) is 48.6 Å². The monoisotopic (exact) mass is 434 g/mol. The predicted octanol–water partition coefficient (Wildman–Crippen LogP) is 2.77. The predicted molar refractivity (Wildman–Crippen MR) is 119 cm³/mol. The molecule has 0 bridgehead atoms. The molecule has 1 aliphatic rings. The van der Waals surface area contributed by atoms with E-state index in [2.05, 4.69) is 9.97 Å². The van der Waals surface area contributed by atoms with Gasteiger partial charge in [0, 0.05) is 31.6 Å². The molecule has 1 atom stereocenters. The Balaban J connectivity index is 1.69. The van der Waals surface area contributed by atoms with Gasteiger partial charge in [-0.2, -0.15) is 0 Å². The number of aromatic nitrogens is 3. The molecule has 3 aromatic rings. The molecule has 4 heterocycles. The molecule has 0 spiro atoms. The van der Waals surface area contributed by atoms with Gasteiger partial charge >= 0.3 is 0 Å². The quantitative estimate of drug-likeness (QED) is 0.568. The lowest BCUT2D eigenvalue weighted by Gasteiger charge is -2.26. The Morgan fingerprint density at radius 2 is 2.12 bits per heavy atom. The second-order valence-corrected chi connectivity index (χ2v) is 7.75. The van der Waals surface area contributed by atoms with Crippen molar-refractivity contribution in [2.45, 2.75) is 32.4 Å². The third-order valence-electron chi connectivity index (χ3n) is 5.54. The molecule has 8 nitrogen and oxygen atoms in total. The van der Waals surface area contributed by atoms with E-state index in [1.807, 2.05) is 18.2 Å². The zero-order valence-corrected chi connectivity index (χ0v) is 18.2. The number of nitrogens with zero attached hydrogens (tertiary/aromatic N) is 4. The molecule has 1 unspecified atom stereocenters. The van der Waals surface area contributed by atoms with Crippen LogP contribution < -0.4 is 10.3 Å². The van der Waals surface area contributed by atoms with Gasteiger partial charge in [-0.05, 0) is 49.6 Å². The standard InChI is InChI=1S/C24H26N4O4/c1-17-10-12-28(19-8-9-21(31-2)26-14-19)24(30)22(17)23(29)27(16-20-7-5-13-32-20)15-18-6-3-4-11-25-18/h3-4,6,8-12,14,20H,5,7,13,15-16H2,1-2H3. The number of carbonyl (C=O) groups is 1. The van der Waals surface area contributed by atoms with Crippen LogP contribution in [-0.2, 0) is 11.3 Å². The topological polar surface area (TPSA) is 86.5 Å². The van der Waals surface area contributed by atoms with Crippen molar-refractivity contribution in [2.24, 2.45) is 0 Å². The number of ether oxygens (including phenoxy) is 2. The molecule has 0 aromatic carbocycles. The number of rotatable bonds is 7. The Morgan fingerprint density at radius 1 is 1.25 bits per heavy atom. The van der Waals surface area contributed by atoms with Gasteiger partial charge in [0.25, 0.3) is 11.5 Å². The van der Waals surface area contributed by atoms with Crippen LogP contribution in [0.4, 0.5) is 0 Å². The van der Waals surface area contributed by atoms with Gasteiger partial charge in [-0.15, -0.1) is 0 Å². The minimum atomic E-state index is -0.389. The van der Waals surface area contributed by atoms with Crippen molar-refractivity contribution in [2.75, 3.05) is 20.3 Å². The highest BCUT2D eigenvalue weighted by atomic mass is 16.5. The summed E-state index contributed by atoms with van der Waals surface area (Å²) in [7, 11) is 1.53. The van der Waals surface area contributed by atoms with Crippen molar-refractivity contribution in [1.29, 1.82) is 0 Å². The largest absolute Gasteiger partial charge is 0.481 e. The number of hydrogen-bond acceptors (Lipinski definition) is 6. The summed E-state index contributed by atoms with van der Waals surface area (Å²) in [5, 5.41) is 0. The van der Waals surface area contributed by atoms with Crippen molar-refractivity contribution >= 4 is 5.91 Å². The zero-order valence-electron chi connectivity index (χ0n) is 18.2. The Labute approximate surface area is 186 Å². The van der Waals surface area contributed by atoms with E-state index in [9.17, 15) is 9.59 Å². The molecule has 0 radical (unpaired) electrons. The Hall–Kier alpha value is -3.52. The first-order valence-electron chi connectivity index (χ1n) is 10.6. The lowest BCUT2D eigenvalue weighted by molar-refractivity contribution is 0.0502. The fourth-order valence-electron chi connectivity index (χ4n) is 3.82. The van der Waals surface area contributed by atoms with Crippen molar-refractivity contribution < 1.29 is 14.3 Å². The summed E-state index contributed by atoms with van der Waals surface area (Å²) in [6, 6.07) is 10.8. The van der Waals surface area contributed by atoms with Gasteiger partial charge in [0.05, 0.1) is 37.3 Å². The SMILES string of the molecule is COc1ccc(-n2ccc(C)c(C(=O)N(Cc3ccccn3)CC3CCCO3)c2=O)cn1. The van der Waals surface area contributed by atoms with Crippen molar-refractivity contribution in [3.05, 3.63) is 82.2 Å². The van der Waals surface area contributed by atoms with E-state index >= 15 is 0 Å². The third kappa shape index (κ3) is 4.70. The van der Waals surface area contributed by atoms with E-state index in [1.165, 1.54) is 11.7 Å². The van der Waals surface area contributed by atoms with Crippen LogP contribution >= 0.6 is 0 Å². The van der Waals surface area contributed by atoms with Crippen LogP contribution in [0.2, 0.25) is 0 Å². The highest BCUT2D eigenvalue weighted by Crippen LogP contribution is 2.18. The molecule has 1 amide bonds. The second kappa shape index (κ2) is 9.74. The maximum atomic E-state index is 13.7. The van der Waals surface area contributed by atoms with Crippen LogP contribution in [0, 0.1) is 6.92 Å². The molecule has 4 rings (SSSR count). The molecule has 1 aliphatic heterocycles. The lowest BCUT2D eigenvalue weighted by Crippen LogP contribution is -2.41. The molecule has 1 fully saturated rings. The molecule has 0 saturated carbocycles. The number of carbonyl (C=O) groups excluding carboxylic acids is 1. The highest BCUT2D eigenvalue weighted by molar-refractivity contribution is 5.95. The van der Waals surface area contributed by atoms with E-state index in [0.29, 0.717) is 36.8 Å². The van der Waals surface area contributed by atoms with Gasteiger partial charge in [0.1, 0.15) is 5.56 Å². The number of pyridine rings is 3. The Morgan fingerprint density at radius 3 is 2.78 bits per heavy atom. The van der Waals surface area contributed by atoms with Crippen molar-refractivity contribution in [3.8, 4) is 11.6 Å². The second-order valence-electron chi connectivity index (χ2n) is 7.75. The molecular weight excluding hydrogens is 408 g/mol. The summed E-state index contributed by atoms with van der Waals surface area (Å²) in [4.78, 5) is 37.2. The van der Waals surface area contributed by atoms with Gasteiger partial charge in [0.2, 0.25) is 5.88 Å². The van der Waals surface area contributed by atoms with E-state index in [4.69, 9.17) is 9.47 Å². The fourth-order valence-corrected chi connectivity index (χ4v) is 3.82. The molecule has 0 N–H and O–H groups in total. The normalized spacial score (nSPS) is 15.5. The van der Waals surface area contributed by atoms with Crippen LogP contribution in [0.25, 0.3) is 5.69 Å². The smallest absolute Gasteiger partial charge is 0.268 e. The average Bonchev–Trinajstić information content (AvgIpc) is 3.33. The first-order chi connectivity index (χ1) is 15.6. The molecular formula is C24H26N4O4. The highest BCUT2D eigenvalue weighted by Gasteiger charge is 2.27. The molecule has 0 aliphatic carbocycles. The minimum Gasteiger partial charge on any atom is -0.481 e. The summed E-state index contributed by atoms with van der Waals surface area (Å²) in [6.07, 6.45) is 6.71. The molecule has 166 valence electrons. The first kappa shape index (κ1) is 21.7. The van der Waals surface area contributed by atoms with Crippen LogP contribution in [0.1, 0.15) is 34.5 Å². The maximum Gasteiger partial charge on any atom is 0.268 e. The number of amides is 1. The van der Waals surface area contributed by atoms with Crippen LogP contribution in [0.15, 0.2) is 59.8 Å². The van der Waals surface area contributed by atoms with Gasteiger partial charge in [0.15, 0.2) is 0 Å². The average molecular weight is 434 g/mol. The molecule has 8 heteroatoms. The van der Waals surface area contributed by atoms with Gasteiger partial charge in [-0.1, -0.05) is 6.07 Å². The fraction of sp³-hybridized carbons (Fsp3) is 0.333. The van der Waals surface area contributed by atoms with Crippen molar-refractivity contribution in [3.63, 3.8) is 0 Å². The number of hydrogen-bond donors (Lipinski definition) is 0. The summed E-state index contributed by atoms with van der Waals surface area (Å²) < 4.78 is 12.3. The van der Waals surface area contributed by atoms with Crippen LogP contribution in [0.5, 0.6) is 5.88 Å². The maximum absolute atomic E-state index is 13.7. The van der Waals surface area contributed by atoms with E-state index in [-0.39, 0.29) is 23.1 Å². The van der Waals surface area contributed by atoms with Gasteiger partial charge in [-0.3, -0.25) is 19.1 Å². The summed E-state index contributed by atoms with van der Waals surface area (Å²) in [6.45, 7) is 3.18. The summed E-state index contributed by atoms with van der Waals surface area (Å²) >= 11 is 0. The van der Waals surface area contributed by atoms with Crippen molar-refractivity contribution in [1.82, 2.24) is 19.4 Å². The molecule has 32 heavy (non-hydrogen) atoms. The Bertz CT molecular complexity index is 1120. The third-order valence-corrected chi connectivity index (χ3v) is 5.54. The van der Waals surface area contributed by atoms with Gasteiger partial charge in [-0.25, -0.2) is 4.98 Å². The zero-order chi connectivity index (χ0) is 22.5. The summed E-state index contributed by atoms with van der Waals surface area (Å²) in [5.41, 5.74) is 1.68. The van der Waals surface area contributed by atoms with E-state index in [0.717, 1.165) is 18.5 Å². The summed E-state index contributed by atoms with van der Waals surface area (Å²) in [5.74, 6) is 0.118. The van der Waals surface area contributed by atoms with E-state index < -0.39 is 0 Å².